The highest BCUT2D eigenvalue weighted by atomic mass is 19.3. The highest BCUT2D eigenvalue weighted by molar-refractivity contribution is 5.66. The number of carboxylic acid groups (broad SMARTS) is 1. The van der Waals surface area contributed by atoms with E-state index in [0.717, 1.165) is 0 Å². The first-order valence-corrected chi connectivity index (χ1v) is 4.50. The average Bonchev–Trinajstić information content (AvgIpc) is 2.65. The van der Waals surface area contributed by atoms with Gasteiger partial charge in [-0.15, -0.1) is 5.10 Å². The molecule has 10 heteroatoms. The van der Waals surface area contributed by atoms with Gasteiger partial charge in [0.25, 0.3) is 0 Å². The molecule has 1 heterocycles. The van der Waals surface area contributed by atoms with Gasteiger partial charge in [-0.2, -0.15) is 8.78 Å². The second kappa shape index (κ2) is 5.06. The molecule has 96 valence electrons. The van der Waals surface area contributed by atoms with E-state index in [2.05, 4.69) is 15.5 Å². The minimum Gasteiger partial charge on any atom is -0.481 e. The Hall–Kier alpha value is -1.74. The highest BCUT2D eigenvalue weighted by Gasteiger charge is 2.47. The van der Waals surface area contributed by atoms with E-state index in [-0.39, 0.29) is 19.4 Å². The molecule has 0 fully saturated rings. The molecule has 0 amide bonds. The van der Waals surface area contributed by atoms with Crippen LogP contribution in [0.5, 0.6) is 0 Å². The third kappa shape index (κ3) is 3.11. The molecule has 0 radical (unpaired) electrons. The largest absolute Gasteiger partial charge is 0.481 e. The van der Waals surface area contributed by atoms with Crippen molar-refractivity contribution in [1.29, 1.82) is 0 Å². The summed E-state index contributed by atoms with van der Waals surface area (Å²) in [6, 6.07) is 0. The van der Waals surface area contributed by atoms with E-state index in [1.807, 2.05) is 0 Å². The summed E-state index contributed by atoms with van der Waals surface area (Å²) >= 11 is 0. The normalized spacial score (nSPS) is 12.1. The number of rotatable bonds is 6. The van der Waals surface area contributed by atoms with Gasteiger partial charge in [0.05, 0.1) is 0 Å². The number of carboxylic acids is 1. The van der Waals surface area contributed by atoms with Gasteiger partial charge in [0, 0.05) is 13.0 Å². The molecule has 0 aliphatic rings. The van der Waals surface area contributed by atoms with Crippen LogP contribution < -0.4 is 0 Å². The van der Waals surface area contributed by atoms with E-state index in [0.29, 0.717) is 4.68 Å². The van der Waals surface area contributed by atoms with Crippen LogP contribution in [0, 0.1) is 0 Å². The third-order valence-electron chi connectivity index (χ3n) is 1.86. The fraction of sp³-hybridized carbons (Fsp3) is 0.714. The van der Waals surface area contributed by atoms with Crippen LogP contribution in [0.4, 0.5) is 17.6 Å². The number of aliphatic carboxylic acids is 1. The Labute approximate surface area is 92.2 Å². The minimum atomic E-state index is -4.45. The zero-order valence-corrected chi connectivity index (χ0v) is 8.35. The topological polar surface area (TPSA) is 80.9 Å². The molecule has 1 aromatic rings. The summed E-state index contributed by atoms with van der Waals surface area (Å²) in [7, 11) is 0. The molecule has 0 aromatic carbocycles. The SMILES string of the molecule is O=C(O)CCCn1nnnc1C(F)(F)C(F)F. The quantitative estimate of drug-likeness (QED) is 0.764. The van der Waals surface area contributed by atoms with Gasteiger partial charge in [0.15, 0.2) is 0 Å². The Bertz CT molecular complexity index is 395. The van der Waals surface area contributed by atoms with Gasteiger partial charge < -0.3 is 5.11 Å². The molecule has 0 saturated heterocycles. The fourth-order valence-electron chi connectivity index (χ4n) is 1.07. The lowest BCUT2D eigenvalue weighted by Crippen LogP contribution is -2.28. The maximum atomic E-state index is 12.9. The smallest absolute Gasteiger partial charge is 0.367 e. The van der Waals surface area contributed by atoms with Crippen LogP contribution in [0.3, 0.4) is 0 Å². The Morgan fingerprint density at radius 1 is 1.47 bits per heavy atom. The molecule has 1 rings (SSSR count). The van der Waals surface area contributed by atoms with Crippen LogP contribution in [-0.4, -0.2) is 37.7 Å². The zero-order chi connectivity index (χ0) is 13.1. The van der Waals surface area contributed by atoms with E-state index in [1.54, 1.807) is 0 Å². The summed E-state index contributed by atoms with van der Waals surface area (Å²) in [4.78, 5) is 10.2. The number of aromatic nitrogens is 4. The van der Waals surface area contributed by atoms with Crippen molar-refractivity contribution in [2.45, 2.75) is 31.7 Å². The summed E-state index contributed by atoms with van der Waals surface area (Å²) in [6.45, 7) is -0.267. The Balaban J connectivity index is 2.75. The molecular formula is C7H8F4N4O2. The van der Waals surface area contributed by atoms with Gasteiger partial charge in [-0.1, -0.05) is 0 Å². The van der Waals surface area contributed by atoms with Gasteiger partial charge in [0.2, 0.25) is 5.82 Å². The molecule has 0 spiro atoms. The first-order valence-electron chi connectivity index (χ1n) is 4.50. The first-order chi connectivity index (χ1) is 7.85. The van der Waals surface area contributed by atoms with Gasteiger partial charge in [-0.3, -0.25) is 4.79 Å². The molecule has 0 aliphatic carbocycles. The Morgan fingerprint density at radius 3 is 2.65 bits per heavy atom. The summed E-state index contributed by atoms with van der Waals surface area (Å²) in [5.74, 6) is -6.84. The highest BCUT2D eigenvalue weighted by Crippen LogP contribution is 2.32. The maximum absolute atomic E-state index is 12.9. The van der Waals surface area contributed by atoms with E-state index in [1.165, 1.54) is 0 Å². The third-order valence-corrected chi connectivity index (χ3v) is 1.86. The van der Waals surface area contributed by atoms with Crippen LogP contribution in [0.1, 0.15) is 18.7 Å². The Kier molecular flexibility index (Phi) is 3.97. The second-order valence-corrected chi connectivity index (χ2v) is 3.15. The number of tetrazole rings is 1. The monoisotopic (exact) mass is 256 g/mol. The fourth-order valence-corrected chi connectivity index (χ4v) is 1.07. The lowest BCUT2D eigenvalue weighted by atomic mass is 10.3. The van der Waals surface area contributed by atoms with Gasteiger partial charge >= 0.3 is 18.3 Å². The summed E-state index contributed by atoms with van der Waals surface area (Å²) < 4.78 is 50.4. The van der Waals surface area contributed by atoms with Crippen molar-refractivity contribution < 1.29 is 27.5 Å². The van der Waals surface area contributed by atoms with Gasteiger partial charge in [0.1, 0.15) is 0 Å². The molecule has 0 bridgehead atoms. The van der Waals surface area contributed by atoms with Gasteiger partial charge in [-0.05, 0) is 16.8 Å². The summed E-state index contributed by atoms with van der Waals surface area (Å²) in [5.41, 5.74) is 0. The van der Waals surface area contributed by atoms with Crippen molar-refractivity contribution in [3.05, 3.63) is 5.82 Å². The summed E-state index contributed by atoms with van der Waals surface area (Å²) in [6.07, 6.45) is -4.25. The minimum absolute atomic E-state index is 0.0350. The first kappa shape index (κ1) is 13.3. The standard InChI is InChI=1S/C7H8F4N4O2/c8-5(9)7(10,11)6-12-13-14-15(6)3-1-2-4(16)17/h5H,1-3H2,(H,16,17). The number of hydrogen-bond acceptors (Lipinski definition) is 4. The van der Waals surface area contributed by atoms with E-state index in [9.17, 15) is 22.4 Å². The van der Waals surface area contributed by atoms with E-state index >= 15 is 0 Å². The van der Waals surface area contributed by atoms with Gasteiger partial charge in [-0.25, -0.2) is 13.5 Å². The average molecular weight is 256 g/mol. The molecule has 6 nitrogen and oxygen atoms in total. The van der Waals surface area contributed by atoms with E-state index < -0.39 is 24.1 Å². The lowest BCUT2D eigenvalue weighted by Gasteiger charge is -2.13. The molecule has 1 aromatic heterocycles. The molecule has 0 atom stereocenters. The van der Waals surface area contributed by atoms with Crippen LogP contribution in [0.25, 0.3) is 0 Å². The number of nitrogens with zero attached hydrogens (tertiary/aromatic N) is 4. The second-order valence-electron chi connectivity index (χ2n) is 3.15. The molecule has 0 aliphatic heterocycles. The van der Waals surface area contributed by atoms with Crippen LogP contribution >= 0.6 is 0 Å². The van der Waals surface area contributed by atoms with E-state index in [4.69, 9.17) is 5.11 Å². The van der Waals surface area contributed by atoms with Crippen molar-refractivity contribution in [2.24, 2.45) is 0 Å². The number of carbonyl (C=O) groups is 1. The van der Waals surface area contributed by atoms with Crippen molar-refractivity contribution in [3.8, 4) is 0 Å². The van der Waals surface area contributed by atoms with Crippen molar-refractivity contribution in [1.82, 2.24) is 20.2 Å². The molecular weight excluding hydrogens is 248 g/mol. The number of halogens is 4. The lowest BCUT2D eigenvalue weighted by molar-refractivity contribution is -0.143. The van der Waals surface area contributed by atoms with Crippen molar-refractivity contribution in [3.63, 3.8) is 0 Å². The predicted octanol–water partition coefficient (Wildman–Crippen LogP) is 0.895. The molecule has 0 saturated carbocycles. The molecule has 0 unspecified atom stereocenters. The van der Waals surface area contributed by atoms with Crippen LogP contribution in [0.15, 0.2) is 0 Å². The molecule has 17 heavy (non-hydrogen) atoms. The van der Waals surface area contributed by atoms with Crippen molar-refractivity contribution >= 4 is 5.97 Å². The molecule has 1 N–H and O–H groups in total. The van der Waals surface area contributed by atoms with Crippen LogP contribution in [-0.2, 0) is 17.3 Å². The number of hydrogen-bond donors (Lipinski definition) is 1. The van der Waals surface area contributed by atoms with Crippen LogP contribution in [0.2, 0.25) is 0 Å². The zero-order valence-electron chi connectivity index (χ0n) is 8.35. The Morgan fingerprint density at radius 2 is 2.12 bits per heavy atom. The summed E-state index contributed by atoms with van der Waals surface area (Å²) in [5, 5.41) is 17.1. The van der Waals surface area contributed by atoms with Crippen molar-refractivity contribution in [2.75, 3.05) is 0 Å². The number of alkyl halides is 4. The maximum Gasteiger partial charge on any atom is 0.367 e. The predicted molar refractivity (Wildman–Crippen MR) is 44.6 cm³/mol. The number of aryl methyl sites for hydroxylation is 1.